The standard InChI is InChI=1S/C19H25NO3/c1-23-18(21)13-14-7-9-16(10-8-14)20(17-11-12-17)19(22)15-5-3-2-4-6-15/h2-6,14,16-17H,7-13H2,1H3/t14-,16-. The fourth-order valence-corrected chi connectivity index (χ4v) is 3.66. The molecule has 0 N–H and O–H groups in total. The summed E-state index contributed by atoms with van der Waals surface area (Å²) in [5.41, 5.74) is 0.788. The molecule has 0 atom stereocenters. The Morgan fingerprint density at radius 2 is 1.57 bits per heavy atom. The molecule has 124 valence electrons. The van der Waals surface area contributed by atoms with Crippen LogP contribution in [0.5, 0.6) is 0 Å². The van der Waals surface area contributed by atoms with Gasteiger partial charge in [-0.05, 0) is 56.6 Å². The van der Waals surface area contributed by atoms with Crippen LogP contribution in [0.4, 0.5) is 0 Å². The number of ether oxygens (including phenoxy) is 1. The Balaban J connectivity index is 1.62. The van der Waals surface area contributed by atoms with Crippen LogP contribution in [0, 0.1) is 5.92 Å². The number of rotatable bonds is 5. The molecule has 0 radical (unpaired) electrons. The summed E-state index contributed by atoms with van der Waals surface area (Å²) in [7, 11) is 1.45. The molecule has 0 bridgehead atoms. The maximum Gasteiger partial charge on any atom is 0.305 e. The van der Waals surface area contributed by atoms with Gasteiger partial charge in [0.05, 0.1) is 7.11 Å². The highest BCUT2D eigenvalue weighted by molar-refractivity contribution is 5.94. The Morgan fingerprint density at radius 3 is 2.09 bits per heavy atom. The zero-order valence-corrected chi connectivity index (χ0v) is 13.7. The third-order valence-electron chi connectivity index (χ3n) is 5.09. The van der Waals surface area contributed by atoms with E-state index >= 15 is 0 Å². The minimum atomic E-state index is -0.118. The van der Waals surface area contributed by atoms with Crippen LogP contribution in [0.25, 0.3) is 0 Å². The summed E-state index contributed by atoms with van der Waals surface area (Å²) in [4.78, 5) is 26.4. The normalized spacial score (nSPS) is 24.0. The Labute approximate surface area is 137 Å². The second kappa shape index (κ2) is 7.16. The van der Waals surface area contributed by atoms with Crippen molar-refractivity contribution in [2.45, 2.75) is 57.0 Å². The summed E-state index contributed by atoms with van der Waals surface area (Å²) in [5, 5.41) is 0. The van der Waals surface area contributed by atoms with Crippen LogP contribution in [0.1, 0.15) is 55.3 Å². The van der Waals surface area contributed by atoms with Gasteiger partial charge in [0.2, 0.25) is 0 Å². The van der Waals surface area contributed by atoms with E-state index in [0.717, 1.165) is 44.1 Å². The molecule has 2 aliphatic rings. The number of methoxy groups -OCH3 is 1. The first-order valence-electron chi connectivity index (χ1n) is 8.63. The highest BCUT2D eigenvalue weighted by Crippen LogP contribution is 2.37. The van der Waals surface area contributed by atoms with E-state index in [2.05, 4.69) is 4.90 Å². The van der Waals surface area contributed by atoms with E-state index in [1.165, 1.54) is 7.11 Å². The van der Waals surface area contributed by atoms with Crippen LogP contribution >= 0.6 is 0 Å². The summed E-state index contributed by atoms with van der Waals surface area (Å²) in [6.07, 6.45) is 6.77. The van der Waals surface area contributed by atoms with Crippen LogP contribution in [0.15, 0.2) is 30.3 Å². The zero-order valence-electron chi connectivity index (χ0n) is 13.7. The predicted molar refractivity (Wildman–Crippen MR) is 88.0 cm³/mol. The average Bonchev–Trinajstić information content (AvgIpc) is 3.42. The number of carbonyl (C=O) groups is 2. The van der Waals surface area contributed by atoms with Gasteiger partial charge in [-0.3, -0.25) is 9.59 Å². The number of carbonyl (C=O) groups excluding carboxylic acids is 2. The number of benzene rings is 1. The highest BCUT2D eigenvalue weighted by Gasteiger charge is 2.39. The van der Waals surface area contributed by atoms with Crippen LogP contribution in [0.3, 0.4) is 0 Å². The fraction of sp³-hybridized carbons (Fsp3) is 0.579. The summed E-state index contributed by atoms with van der Waals surface area (Å²) in [6.45, 7) is 0. The van der Waals surface area contributed by atoms with Crippen molar-refractivity contribution < 1.29 is 14.3 Å². The molecule has 0 aliphatic heterocycles. The molecule has 0 heterocycles. The van der Waals surface area contributed by atoms with E-state index in [0.29, 0.717) is 24.4 Å². The van der Waals surface area contributed by atoms with Gasteiger partial charge in [0.25, 0.3) is 5.91 Å². The first kappa shape index (κ1) is 16.0. The monoisotopic (exact) mass is 315 g/mol. The predicted octanol–water partition coefficient (Wildman–Crippen LogP) is 3.41. The third-order valence-corrected chi connectivity index (χ3v) is 5.09. The number of esters is 1. The lowest BCUT2D eigenvalue weighted by Gasteiger charge is -2.37. The SMILES string of the molecule is COC(=O)C[C@H]1CC[C@H](N(C(=O)c2ccccc2)C2CC2)CC1. The Hall–Kier alpha value is -1.84. The van der Waals surface area contributed by atoms with Gasteiger partial charge in [0, 0.05) is 24.1 Å². The molecule has 0 spiro atoms. The van der Waals surface area contributed by atoms with Crippen molar-refractivity contribution in [2.24, 2.45) is 5.92 Å². The molecule has 4 nitrogen and oxygen atoms in total. The molecule has 0 unspecified atom stereocenters. The lowest BCUT2D eigenvalue weighted by atomic mass is 9.83. The first-order chi connectivity index (χ1) is 11.2. The van der Waals surface area contributed by atoms with Crippen molar-refractivity contribution in [2.75, 3.05) is 7.11 Å². The smallest absolute Gasteiger partial charge is 0.305 e. The van der Waals surface area contributed by atoms with Gasteiger partial charge >= 0.3 is 5.97 Å². The molecule has 2 aliphatic carbocycles. The topological polar surface area (TPSA) is 46.6 Å². The Morgan fingerprint density at radius 1 is 1.00 bits per heavy atom. The molecule has 0 aromatic heterocycles. The van der Waals surface area contributed by atoms with E-state index < -0.39 is 0 Å². The molecule has 3 rings (SSSR count). The summed E-state index contributed by atoms with van der Waals surface area (Å²) < 4.78 is 4.77. The summed E-state index contributed by atoms with van der Waals surface area (Å²) in [6, 6.07) is 10.3. The minimum absolute atomic E-state index is 0.118. The largest absolute Gasteiger partial charge is 0.469 e. The molecule has 23 heavy (non-hydrogen) atoms. The van der Waals surface area contributed by atoms with Gasteiger partial charge in [-0.15, -0.1) is 0 Å². The fourth-order valence-electron chi connectivity index (χ4n) is 3.66. The lowest BCUT2D eigenvalue weighted by molar-refractivity contribution is -0.142. The second-order valence-electron chi connectivity index (χ2n) is 6.76. The van der Waals surface area contributed by atoms with Gasteiger partial charge in [-0.25, -0.2) is 0 Å². The van der Waals surface area contributed by atoms with Crippen molar-refractivity contribution in [1.29, 1.82) is 0 Å². The summed E-state index contributed by atoms with van der Waals surface area (Å²) >= 11 is 0. The maximum absolute atomic E-state index is 12.9. The molecule has 0 saturated heterocycles. The molecular formula is C19H25NO3. The quantitative estimate of drug-likeness (QED) is 0.782. The molecule has 2 saturated carbocycles. The van der Waals surface area contributed by atoms with Gasteiger partial charge in [-0.1, -0.05) is 18.2 Å². The Bertz CT molecular complexity index is 545. The highest BCUT2D eigenvalue weighted by atomic mass is 16.5. The number of nitrogens with zero attached hydrogens (tertiary/aromatic N) is 1. The molecular weight excluding hydrogens is 290 g/mol. The van der Waals surface area contributed by atoms with Gasteiger partial charge in [0.1, 0.15) is 0 Å². The van der Waals surface area contributed by atoms with Crippen molar-refractivity contribution in [3.63, 3.8) is 0 Å². The maximum atomic E-state index is 12.9. The molecule has 4 heteroatoms. The van der Waals surface area contributed by atoms with E-state index in [-0.39, 0.29) is 11.9 Å². The van der Waals surface area contributed by atoms with Crippen molar-refractivity contribution in [3.05, 3.63) is 35.9 Å². The third kappa shape index (κ3) is 3.92. The van der Waals surface area contributed by atoms with Gasteiger partial charge < -0.3 is 9.64 Å². The number of amides is 1. The lowest BCUT2D eigenvalue weighted by Crippen LogP contribution is -2.44. The van der Waals surface area contributed by atoms with Gasteiger partial charge in [-0.2, -0.15) is 0 Å². The van der Waals surface area contributed by atoms with E-state index in [9.17, 15) is 9.59 Å². The minimum Gasteiger partial charge on any atom is -0.469 e. The van der Waals surface area contributed by atoms with Crippen LogP contribution < -0.4 is 0 Å². The average molecular weight is 315 g/mol. The molecule has 2 fully saturated rings. The van der Waals surface area contributed by atoms with Crippen LogP contribution in [-0.4, -0.2) is 36.0 Å². The number of hydrogen-bond acceptors (Lipinski definition) is 3. The molecule has 1 aromatic rings. The van der Waals surface area contributed by atoms with Crippen molar-refractivity contribution in [3.8, 4) is 0 Å². The van der Waals surface area contributed by atoms with E-state index in [1.807, 2.05) is 30.3 Å². The number of hydrogen-bond donors (Lipinski definition) is 0. The second-order valence-corrected chi connectivity index (χ2v) is 6.76. The van der Waals surface area contributed by atoms with Crippen LogP contribution in [-0.2, 0) is 9.53 Å². The zero-order chi connectivity index (χ0) is 16.2. The van der Waals surface area contributed by atoms with Crippen molar-refractivity contribution >= 4 is 11.9 Å². The van der Waals surface area contributed by atoms with Crippen molar-refractivity contribution in [1.82, 2.24) is 4.90 Å². The van der Waals surface area contributed by atoms with Crippen LogP contribution in [0.2, 0.25) is 0 Å². The summed E-state index contributed by atoms with van der Waals surface area (Å²) in [5.74, 6) is 0.462. The molecule has 1 aromatic carbocycles. The Kier molecular flexibility index (Phi) is 4.99. The van der Waals surface area contributed by atoms with E-state index in [4.69, 9.17) is 4.74 Å². The van der Waals surface area contributed by atoms with E-state index in [1.54, 1.807) is 0 Å². The first-order valence-corrected chi connectivity index (χ1v) is 8.63. The molecule has 1 amide bonds. The van der Waals surface area contributed by atoms with Gasteiger partial charge in [0.15, 0.2) is 0 Å².